The van der Waals surface area contributed by atoms with Gasteiger partial charge in [-0.25, -0.2) is 4.79 Å². The van der Waals surface area contributed by atoms with Crippen LogP contribution in [0.15, 0.2) is 21.9 Å². The molecule has 0 saturated carbocycles. The standard InChI is InChI=1S/C11H14N2O5/c1-6-8-9(18-11(6,4-14)5-17-8)13-3-2-7(15)12-10(13)16/h2-3,6,8-9,14H,4-5H2,1H3,(H,12,15,16)/t6-,8?,9-,11+/m1/s1. The highest BCUT2D eigenvalue weighted by Gasteiger charge is 2.59. The van der Waals surface area contributed by atoms with E-state index >= 15 is 0 Å². The van der Waals surface area contributed by atoms with Crippen molar-refractivity contribution >= 4 is 0 Å². The van der Waals surface area contributed by atoms with Gasteiger partial charge in [-0.05, 0) is 0 Å². The minimum Gasteiger partial charge on any atom is -0.393 e. The minimum atomic E-state index is -0.745. The number of aliphatic hydroxyl groups is 1. The van der Waals surface area contributed by atoms with E-state index in [0.717, 1.165) is 0 Å². The molecule has 1 aromatic heterocycles. The number of aliphatic hydroxyl groups excluding tert-OH is 1. The van der Waals surface area contributed by atoms with Gasteiger partial charge >= 0.3 is 5.69 Å². The van der Waals surface area contributed by atoms with Crippen molar-refractivity contribution in [1.82, 2.24) is 9.55 Å². The summed E-state index contributed by atoms with van der Waals surface area (Å²) in [6, 6.07) is 1.26. The van der Waals surface area contributed by atoms with E-state index in [2.05, 4.69) is 4.98 Å². The minimum absolute atomic E-state index is 0.00803. The monoisotopic (exact) mass is 254 g/mol. The summed E-state index contributed by atoms with van der Waals surface area (Å²) < 4.78 is 12.6. The highest BCUT2D eigenvalue weighted by molar-refractivity contribution is 5.04. The molecule has 0 amide bonds. The third-order valence-corrected chi connectivity index (χ3v) is 3.87. The van der Waals surface area contributed by atoms with Gasteiger partial charge in [0, 0.05) is 18.2 Å². The molecular weight excluding hydrogens is 240 g/mol. The van der Waals surface area contributed by atoms with Gasteiger partial charge in [-0.1, -0.05) is 6.92 Å². The molecule has 0 radical (unpaired) electrons. The van der Waals surface area contributed by atoms with E-state index in [1.807, 2.05) is 6.92 Å². The summed E-state index contributed by atoms with van der Waals surface area (Å²) in [5.41, 5.74) is -1.74. The second-order valence-electron chi connectivity index (χ2n) is 4.81. The van der Waals surface area contributed by atoms with E-state index in [9.17, 15) is 14.7 Å². The number of ether oxygens (including phenoxy) is 2. The lowest BCUT2D eigenvalue weighted by atomic mass is 9.91. The lowest BCUT2D eigenvalue weighted by Gasteiger charge is -2.30. The van der Waals surface area contributed by atoms with Crippen LogP contribution in [0, 0.1) is 5.92 Å². The Hall–Kier alpha value is -1.44. The SMILES string of the molecule is C[C@@H]1C2OC[C@]1(CO)O[C@H]2n1ccc(=O)[nH]c1=O. The zero-order chi connectivity index (χ0) is 12.9. The van der Waals surface area contributed by atoms with Crippen LogP contribution in [0.4, 0.5) is 0 Å². The number of fused-ring (bicyclic) bond motifs is 2. The summed E-state index contributed by atoms with van der Waals surface area (Å²) in [4.78, 5) is 24.9. The van der Waals surface area contributed by atoms with Gasteiger partial charge in [-0.3, -0.25) is 14.3 Å². The third-order valence-electron chi connectivity index (χ3n) is 3.87. The Morgan fingerprint density at radius 1 is 1.61 bits per heavy atom. The van der Waals surface area contributed by atoms with Gasteiger partial charge in [0.2, 0.25) is 0 Å². The molecule has 18 heavy (non-hydrogen) atoms. The molecule has 0 aliphatic carbocycles. The van der Waals surface area contributed by atoms with Crippen LogP contribution in [-0.2, 0) is 9.47 Å². The number of hydrogen-bond donors (Lipinski definition) is 2. The summed E-state index contributed by atoms with van der Waals surface area (Å²) in [7, 11) is 0. The lowest BCUT2D eigenvalue weighted by Crippen LogP contribution is -2.43. The fourth-order valence-electron chi connectivity index (χ4n) is 2.66. The normalized spacial score (nSPS) is 38.2. The summed E-state index contributed by atoms with van der Waals surface area (Å²) in [6.07, 6.45) is 0.485. The van der Waals surface area contributed by atoms with Crippen molar-refractivity contribution in [3.05, 3.63) is 33.1 Å². The van der Waals surface area contributed by atoms with Crippen molar-refractivity contribution in [1.29, 1.82) is 0 Å². The van der Waals surface area contributed by atoms with Crippen LogP contribution in [0.2, 0.25) is 0 Å². The highest BCUT2D eigenvalue weighted by atomic mass is 16.6. The number of hydrogen-bond acceptors (Lipinski definition) is 5. The van der Waals surface area contributed by atoms with Gasteiger partial charge in [0.1, 0.15) is 11.7 Å². The summed E-state index contributed by atoms with van der Waals surface area (Å²) in [6.45, 7) is 2.09. The molecule has 3 rings (SSSR count). The van der Waals surface area contributed by atoms with E-state index in [-0.39, 0.29) is 18.6 Å². The Bertz CT molecular complexity index is 579. The second kappa shape index (κ2) is 3.78. The van der Waals surface area contributed by atoms with Crippen molar-refractivity contribution in [2.45, 2.75) is 24.9 Å². The van der Waals surface area contributed by atoms with E-state index in [4.69, 9.17) is 9.47 Å². The second-order valence-corrected chi connectivity index (χ2v) is 4.81. The number of nitrogens with one attached hydrogen (secondary N) is 1. The van der Waals surface area contributed by atoms with Gasteiger partial charge in [0.15, 0.2) is 6.23 Å². The number of rotatable bonds is 2. The molecule has 2 fully saturated rings. The molecule has 7 heteroatoms. The molecule has 1 aromatic rings. The van der Waals surface area contributed by atoms with E-state index in [0.29, 0.717) is 6.61 Å². The molecule has 4 atom stereocenters. The molecular formula is C11H14N2O5. The maximum atomic E-state index is 11.7. The maximum absolute atomic E-state index is 11.7. The van der Waals surface area contributed by atoms with E-state index < -0.39 is 23.1 Å². The van der Waals surface area contributed by atoms with E-state index in [1.54, 1.807) is 0 Å². The summed E-state index contributed by atoms with van der Waals surface area (Å²) in [5, 5.41) is 9.44. The number of aromatic nitrogens is 2. The molecule has 2 N–H and O–H groups in total. The number of nitrogens with zero attached hydrogens (tertiary/aromatic N) is 1. The summed E-state index contributed by atoms with van der Waals surface area (Å²) in [5.74, 6) is -0.00803. The molecule has 2 saturated heterocycles. The Kier molecular flexibility index (Phi) is 2.44. The first-order valence-corrected chi connectivity index (χ1v) is 5.79. The average Bonchev–Trinajstić information content (AvgIpc) is 2.81. The fraction of sp³-hybridized carbons (Fsp3) is 0.636. The van der Waals surface area contributed by atoms with Crippen molar-refractivity contribution in [2.24, 2.45) is 5.92 Å². The molecule has 1 unspecified atom stereocenters. The number of aromatic amines is 1. The van der Waals surface area contributed by atoms with Crippen LogP contribution in [0.3, 0.4) is 0 Å². The largest absolute Gasteiger partial charge is 0.393 e. The molecule has 98 valence electrons. The first kappa shape index (κ1) is 11.6. The topological polar surface area (TPSA) is 93.5 Å². The van der Waals surface area contributed by atoms with Crippen LogP contribution in [0.25, 0.3) is 0 Å². The Morgan fingerprint density at radius 3 is 3.00 bits per heavy atom. The first-order chi connectivity index (χ1) is 8.57. The van der Waals surface area contributed by atoms with Gasteiger partial charge in [-0.15, -0.1) is 0 Å². The Balaban J connectivity index is 2.01. The van der Waals surface area contributed by atoms with Crippen LogP contribution >= 0.6 is 0 Å². The Morgan fingerprint density at radius 2 is 2.39 bits per heavy atom. The molecule has 2 aliphatic rings. The van der Waals surface area contributed by atoms with Crippen LogP contribution in [-0.4, -0.2) is 39.6 Å². The number of H-pyrrole nitrogens is 1. The van der Waals surface area contributed by atoms with Crippen LogP contribution < -0.4 is 11.2 Å². The quantitative estimate of drug-likeness (QED) is 0.693. The van der Waals surface area contributed by atoms with Gasteiger partial charge in [0.25, 0.3) is 5.56 Å². The molecule has 2 bridgehead atoms. The van der Waals surface area contributed by atoms with Crippen molar-refractivity contribution in [2.75, 3.05) is 13.2 Å². The predicted molar refractivity (Wildman–Crippen MR) is 60.2 cm³/mol. The Labute approximate surface area is 102 Å². The highest BCUT2D eigenvalue weighted by Crippen LogP contribution is 2.48. The van der Waals surface area contributed by atoms with E-state index in [1.165, 1.54) is 16.8 Å². The summed E-state index contributed by atoms with van der Waals surface area (Å²) >= 11 is 0. The van der Waals surface area contributed by atoms with Crippen LogP contribution in [0.1, 0.15) is 13.2 Å². The third kappa shape index (κ3) is 1.41. The maximum Gasteiger partial charge on any atom is 0.330 e. The van der Waals surface area contributed by atoms with Crippen molar-refractivity contribution in [3.8, 4) is 0 Å². The zero-order valence-corrected chi connectivity index (χ0v) is 9.83. The lowest BCUT2D eigenvalue weighted by molar-refractivity contribution is -0.186. The predicted octanol–water partition coefficient (Wildman–Crippen LogP) is -1.17. The molecule has 0 aromatic carbocycles. The zero-order valence-electron chi connectivity index (χ0n) is 9.83. The molecule has 2 aliphatic heterocycles. The van der Waals surface area contributed by atoms with Crippen molar-refractivity contribution in [3.63, 3.8) is 0 Å². The average molecular weight is 254 g/mol. The molecule has 3 heterocycles. The molecule has 7 nitrogen and oxygen atoms in total. The van der Waals surface area contributed by atoms with Gasteiger partial charge in [0.05, 0.1) is 13.2 Å². The van der Waals surface area contributed by atoms with Gasteiger partial charge in [-0.2, -0.15) is 0 Å². The first-order valence-electron chi connectivity index (χ1n) is 5.79. The van der Waals surface area contributed by atoms with Crippen molar-refractivity contribution < 1.29 is 14.6 Å². The van der Waals surface area contributed by atoms with Gasteiger partial charge < -0.3 is 14.6 Å². The smallest absolute Gasteiger partial charge is 0.330 e. The molecule has 0 spiro atoms. The fourth-order valence-corrected chi connectivity index (χ4v) is 2.66. The van der Waals surface area contributed by atoms with Crippen LogP contribution in [0.5, 0.6) is 0 Å².